The van der Waals surface area contributed by atoms with Crippen LogP contribution in [0.2, 0.25) is 0 Å². The van der Waals surface area contributed by atoms with Gasteiger partial charge in [0, 0.05) is 6.54 Å². The van der Waals surface area contributed by atoms with Crippen LogP contribution in [-0.4, -0.2) is 43.5 Å². The summed E-state index contributed by atoms with van der Waals surface area (Å²) in [6.45, 7) is 0.183. The summed E-state index contributed by atoms with van der Waals surface area (Å²) in [4.78, 5) is 10.7. The smallest absolute Gasteiger partial charge is 0.332 e. The number of carbonyl (C=O) groups is 1. The zero-order valence-electron chi connectivity index (χ0n) is 10.9. The minimum absolute atomic E-state index is 0.183. The van der Waals surface area contributed by atoms with Gasteiger partial charge in [-0.15, -0.1) is 0 Å². The minimum atomic E-state index is -3.29. The fraction of sp³-hybridized carbons (Fsp3) is 0.917. The van der Waals surface area contributed by atoms with Crippen LogP contribution < -0.4 is 4.72 Å². The molecule has 0 aromatic heterocycles. The van der Waals surface area contributed by atoms with Gasteiger partial charge >= 0.3 is 5.97 Å². The van der Waals surface area contributed by atoms with E-state index in [4.69, 9.17) is 9.84 Å². The summed E-state index contributed by atoms with van der Waals surface area (Å²) in [5.74, 6) is -0.974. The zero-order valence-corrected chi connectivity index (χ0v) is 11.7. The normalized spacial score (nSPS) is 29.5. The molecule has 1 saturated heterocycles. The standard InChI is InChI=1S/C12H21NO5S/c14-12(15)11-7-6-9(18-11)8-13-19(16,17)10-4-2-1-3-5-10/h9-11,13H,1-8H2,(H,14,15). The van der Waals surface area contributed by atoms with Crippen molar-refractivity contribution in [2.24, 2.45) is 0 Å². The summed E-state index contributed by atoms with van der Waals surface area (Å²) >= 11 is 0. The van der Waals surface area contributed by atoms with Crippen LogP contribution in [0.1, 0.15) is 44.9 Å². The number of carboxylic acid groups (broad SMARTS) is 1. The molecule has 0 bridgehead atoms. The number of hydrogen-bond donors (Lipinski definition) is 2. The van der Waals surface area contributed by atoms with Gasteiger partial charge in [0.2, 0.25) is 10.0 Å². The Morgan fingerprint density at radius 1 is 1.16 bits per heavy atom. The molecule has 2 N–H and O–H groups in total. The molecule has 1 saturated carbocycles. The molecule has 0 aromatic carbocycles. The van der Waals surface area contributed by atoms with Crippen LogP contribution in [0, 0.1) is 0 Å². The molecule has 110 valence electrons. The molecule has 2 atom stereocenters. The molecular formula is C12H21NO5S. The van der Waals surface area contributed by atoms with Gasteiger partial charge < -0.3 is 9.84 Å². The van der Waals surface area contributed by atoms with Crippen molar-refractivity contribution in [3.05, 3.63) is 0 Å². The lowest BCUT2D eigenvalue weighted by Crippen LogP contribution is -2.39. The Morgan fingerprint density at radius 2 is 1.84 bits per heavy atom. The maximum Gasteiger partial charge on any atom is 0.332 e. The molecule has 0 radical (unpaired) electrons. The van der Waals surface area contributed by atoms with E-state index in [1.807, 2.05) is 0 Å². The first-order valence-electron chi connectivity index (χ1n) is 6.86. The lowest BCUT2D eigenvalue weighted by molar-refractivity contribution is -0.149. The second-order valence-corrected chi connectivity index (χ2v) is 7.36. The molecule has 6 nitrogen and oxygen atoms in total. The van der Waals surface area contributed by atoms with Gasteiger partial charge in [-0.05, 0) is 25.7 Å². The van der Waals surface area contributed by atoms with Gasteiger partial charge in [-0.1, -0.05) is 19.3 Å². The van der Waals surface area contributed by atoms with E-state index in [0.29, 0.717) is 12.8 Å². The van der Waals surface area contributed by atoms with E-state index in [-0.39, 0.29) is 17.9 Å². The van der Waals surface area contributed by atoms with Gasteiger partial charge in [0.1, 0.15) is 0 Å². The van der Waals surface area contributed by atoms with Crippen molar-refractivity contribution in [3.8, 4) is 0 Å². The second kappa shape index (κ2) is 6.19. The van der Waals surface area contributed by atoms with Crippen LogP contribution in [-0.2, 0) is 19.6 Å². The minimum Gasteiger partial charge on any atom is -0.479 e. The Morgan fingerprint density at radius 3 is 2.42 bits per heavy atom. The van der Waals surface area contributed by atoms with E-state index in [1.165, 1.54) is 0 Å². The molecule has 7 heteroatoms. The third-order valence-corrected chi connectivity index (χ3v) is 5.80. The first-order valence-corrected chi connectivity index (χ1v) is 8.40. The summed E-state index contributed by atoms with van der Waals surface area (Å²) in [5, 5.41) is 8.51. The largest absolute Gasteiger partial charge is 0.479 e. The predicted molar refractivity (Wildman–Crippen MR) is 69.3 cm³/mol. The average Bonchev–Trinajstić information content (AvgIpc) is 2.87. The monoisotopic (exact) mass is 291 g/mol. The number of carboxylic acids is 1. The van der Waals surface area contributed by atoms with Crippen LogP contribution in [0.15, 0.2) is 0 Å². The lowest BCUT2D eigenvalue weighted by atomic mass is 10.0. The average molecular weight is 291 g/mol. The first-order chi connectivity index (χ1) is 8.99. The molecule has 1 aliphatic heterocycles. The fourth-order valence-electron chi connectivity index (χ4n) is 2.74. The molecule has 1 aliphatic carbocycles. The highest BCUT2D eigenvalue weighted by molar-refractivity contribution is 7.90. The Bertz CT molecular complexity index is 416. The van der Waals surface area contributed by atoms with Gasteiger partial charge in [0.25, 0.3) is 0 Å². The molecule has 1 heterocycles. The Labute approximate surface area is 113 Å². The summed E-state index contributed by atoms with van der Waals surface area (Å²) in [5.41, 5.74) is 0. The molecule has 2 rings (SSSR count). The Kier molecular flexibility index (Phi) is 4.81. The SMILES string of the molecule is O=C(O)C1CCC(CNS(=O)(=O)C2CCCCC2)O1. The summed E-state index contributed by atoms with van der Waals surface area (Å²) < 4.78 is 32.0. The topological polar surface area (TPSA) is 92.7 Å². The Hall–Kier alpha value is -0.660. The number of hydrogen-bond acceptors (Lipinski definition) is 4. The maximum atomic E-state index is 12.1. The van der Waals surface area contributed by atoms with E-state index in [2.05, 4.69) is 4.72 Å². The van der Waals surface area contributed by atoms with Gasteiger partial charge in [-0.3, -0.25) is 0 Å². The van der Waals surface area contributed by atoms with Gasteiger partial charge in [-0.25, -0.2) is 17.9 Å². The maximum absolute atomic E-state index is 12.1. The number of nitrogens with one attached hydrogen (secondary N) is 1. The second-order valence-electron chi connectivity index (χ2n) is 5.32. The molecule has 0 spiro atoms. The molecule has 2 aliphatic rings. The molecule has 19 heavy (non-hydrogen) atoms. The molecule has 0 aromatic rings. The molecular weight excluding hydrogens is 270 g/mol. The van der Waals surface area contributed by atoms with Crippen molar-refractivity contribution in [2.75, 3.05) is 6.54 Å². The zero-order chi connectivity index (χ0) is 13.9. The van der Waals surface area contributed by atoms with E-state index >= 15 is 0 Å². The quantitative estimate of drug-likeness (QED) is 0.784. The molecule has 2 fully saturated rings. The number of aliphatic carboxylic acids is 1. The van der Waals surface area contributed by atoms with Crippen LogP contribution in [0.3, 0.4) is 0 Å². The van der Waals surface area contributed by atoms with E-state index in [9.17, 15) is 13.2 Å². The number of ether oxygens (including phenoxy) is 1. The molecule has 0 amide bonds. The van der Waals surface area contributed by atoms with E-state index in [0.717, 1.165) is 32.1 Å². The Balaban J connectivity index is 1.80. The fourth-order valence-corrected chi connectivity index (χ4v) is 4.35. The van der Waals surface area contributed by atoms with Crippen molar-refractivity contribution in [1.29, 1.82) is 0 Å². The highest BCUT2D eigenvalue weighted by atomic mass is 32.2. The van der Waals surface area contributed by atoms with Crippen molar-refractivity contribution >= 4 is 16.0 Å². The van der Waals surface area contributed by atoms with Crippen molar-refractivity contribution in [2.45, 2.75) is 62.4 Å². The van der Waals surface area contributed by atoms with Crippen LogP contribution >= 0.6 is 0 Å². The predicted octanol–water partition coefficient (Wildman–Crippen LogP) is 0.871. The van der Waals surface area contributed by atoms with Crippen molar-refractivity contribution in [3.63, 3.8) is 0 Å². The van der Waals surface area contributed by atoms with E-state index < -0.39 is 22.1 Å². The van der Waals surface area contributed by atoms with Crippen LogP contribution in [0.4, 0.5) is 0 Å². The summed E-state index contributed by atoms with van der Waals surface area (Å²) in [7, 11) is -3.29. The highest BCUT2D eigenvalue weighted by Crippen LogP contribution is 2.24. The first kappa shape index (κ1) is 14.7. The number of rotatable bonds is 5. The van der Waals surface area contributed by atoms with Crippen LogP contribution in [0.5, 0.6) is 0 Å². The van der Waals surface area contributed by atoms with Gasteiger partial charge in [0.05, 0.1) is 11.4 Å². The number of sulfonamides is 1. The third kappa shape index (κ3) is 3.90. The van der Waals surface area contributed by atoms with Crippen molar-refractivity contribution in [1.82, 2.24) is 4.72 Å². The third-order valence-electron chi connectivity index (χ3n) is 3.89. The van der Waals surface area contributed by atoms with Crippen LogP contribution in [0.25, 0.3) is 0 Å². The van der Waals surface area contributed by atoms with Crippen molar-refractivity contribution < 1.29 is 23.1 Å². The summed E-state index contributed by atoms with van der Waals surface area (Å²) in [6, 6.07) is 0. The highest BCUT2D eigenvalue weighted by Gasteiger charge is 2.32. The van der Waals surface area contributed by atoms with Gasteiger partial charge in [0.15, 0.2) is 6.10 Å². The molecule has 2 unspecified atom stereocenters. The lowest BCUT2D eigenvalue weighted by Gasteiger charge is -2.22. The summed E-state index contributed by atoms with van der Waals surface area (Å²) in [6.07, 6.45) is 4.41. The van der Waals surface area contributed by atoms with Gasteiger partial charge in [-0.2, -0.15) is 0 Å². The van der Waals surface area contributed by atoms with E-state index in [1.54, 1.807) is 0 Å².